The fraction of sp³-hybridized carbons (Fsp3) is 0.538. The highest BCUT2D eigenvalue weighted by Crippen LogP contribution is 2.21. The molecular weight excluding hydrogens is 224 g/mol. The Hall–Kier alpha value is -1.16. The highest BCUT2D eigenvalue weighted by atomic mass is 19.1. The van der Waals surface area contributed by atoms with Crippen LogP contribution in [0.1, 0.15) is 25.3 Å². The molecule has 1 aromatic rings. The van der Waals surface area contributed by atoms with Crippen molar-refractivity contribution in [1.82, 2.24) is 0 Å². The summed E-state index contributed by atoms with van der Waals surface area (Å²) in [6, 6.07) is 4.33. The number of hydrogen-bond donors (Lipinski definition) is 1. The van der Waals surface area contributed by atoms with Crippen molar-refractivity contribution in [3.63, 3.8) is 0 Å². The van der Waals surface area contributed by atoms with Crippen LogP contribution in [0.5, 0.6) is 5.75 Å². The molecule has 1 atom stereocenters. The van der Waals surface area contributed by atoms with Crippen LogP contribution in [0.2, 0.25) is 0 Å². The van der Waals surface area contributed by atoms with Gasteiger partial charge in [0, 0.05) is 12.5 Å². The molecule has 0 spiro atoms. The lowest BCUT2D eigenvalue weighted by atomic mass is 10.0. The van der Waals surface area contributed by atoms with Crippen molar-refractivity contribution in [2.24, 2.45) is 5.73 Å². The van der Waals surface area contributed by atoms with E-state index >= 15 is 0 Å². The van der Waals surface area contributed by atoms with E-state index in [0.717, 1.165) is 12.0 Å². The molecule has 0 bridgehead atoms. The predicted molar refractivity (Wildman–Crippen MR) is 64.5 cm³/mol. The summed E-state index contributed by atoms with van der Waals surface area (Å²) >= 11 is 0. The van der Waals surface area contributed by atoms with Crippen molar-refractivity contribution in [1.29, 1.82) is 0 Å². The number of nitrogens with two attached hydrogens (primary N) is 1. The van der Waals surface area contributed by atoms with Crippen molar-refractivity contribution < 1.29 is 13.5 Å². The third-order valence-electron chi connectivity index (χ3n) is 2.56. The minimum atomic E-state index is -0.412. The van der Waals surface area contributed by atoms with Crippen molar-refractivity contribution in [2.45, 2.75) is 32.2 Å². The first kappa shape index (κ1) is 13.9. The van der Waals surface area contributed by atoms with E-state index in [1.165, 1.54) is 12.1 Å². The van der Waals surface area contributed by atoms with Gasteiger partial charge in [0.05, 0.1) is 13.3 Å². The molecule has 1 rings (SSSR count). The Morgan fingerprint density at radius 3 is 2.82 bits per heavy atom. The molecule has 0 saturated carbocycles. The molecule has 4 heteroatoms. The van der Waals surface area contributed by atoms with Gasteiger partial charge in [-0.3, -0.25) is 4.39 Å². The lowest BCUT2D eigenvalue weighted by Crippen LogP contribution is -2.22. The van der Waals surface area contributed by atoms with E-state index in [9.17, 15) is 8.78 Å². The Balaban J connectivity index is 2.72. The molecule has 1 unspecified atom stereocenters. The quantitative estimate of drug-likeness (QED) is 0.747. The van der Waals surface area contributed by atoms with Gasteiger partial charge in [-0.2, -0.15) is 0 Å². The van der Waals surface area contributed by atoms with E-state index in [0.29, 0.717) is 25.2 Å². The Kier molecular flexibility index (Phi) is 5.91. The molecule has 0 amide bonds. The molecule has 0 aliphatic heterocycles. The van der Waals surface area contributed by atoms with Gasteiger partial charge in [0.2, 0.25) is 0 Å². The van der Waals surface area contributed by atoms with Gasteiger partial charge in [0.15, 0.2) is 0 Å². The Labute approximate surface area is 101 Å². The van der Waals surface area contributed by atoms with Gasteiger partial charge in [0.1, 0.15) is 11.6 Å². The topological polar surface area (TPSA) is 35.2 Å². The number of rotatable bonds is 7. The lowest BCUT2D eigenvalue weighted by molar-refractivity contribution is 0.286. The molecule has 0 aromatic heterocycles. The minimum Gasteiger partial charge on any atom is -0.493 e. The molecule has 0 aliphatic carbocycles. The Morgan fingerprint density at radius 2 is 2.18 bits per heavy atom. The standard InChI is InChI=1S/C13H19F2NO/c1-2-12(16)9-10-8-11(15)4-5-13(10)17-7-3-6-14/h4-5,8,12H,2-3,6-7,9,16H2,1H3. The van der Waals surface area contributed by atoms with Crippen LogP contribution in [-0.2, 0) is 6.42 Å². The van der Waals surface area contributed by atoms with Gasteiger partial charge in [-0.15, -0.1) is 0 Å². The minimum absolute atomic E-state index is 0.0136. The van der Waals surface area contributed by atoms with Crippen LogP contribution >= 0.6 is 0 Å². The second-order valence-electron chi connectivity index (χ2n) is 4.02. The molecule has 2 N–H and O–H groups in total. The van der Waals surface area contributed by atoms with Crippen LogP contribution in [0.15, 0.2) is 18.2 Å². The zero-order valence-corrected chi connectivity index (χ0v) is 10.1. The maximum Gasteiger partial charge on any atom is 0.123 e. The van der Waals surface area contributed by atoms with Crippen molar-refractivity contribution in [3.05, 3.63) is 29.6 Å². The first-order valence-corrected chi connectivity index (χ1v) is 5.90. The van der Waals surface area contributed by atoms with E-state index in [2.05, 4.69) is 0 Å². The highest BCUT2D eigenvalue weighted by molar-refractivity contribution is 5.34. The fourth-order valence-electron chi connectivity index (χ4n) is 1.51. The van der Waals surface area contributed by atoms with Gasteiger partial charge >= 0.3 is 0 Å². The third-order valence-corrected chi connectivity index (χ3v) is 2.56. The number of hydrogen-bond acceptors (Lipinski definition) is 2. The first-order valence-electron chi connectivity index (χ1n) is 5.90. The molecule has 0 aliphatic rings. The van der Waals surface area contributed by atoms with E-state index in [1.54, 1.807) is 6.07 Å². The van der Waals surface area contributed by atoms with Crippen LogP contribution in [0.4, 0.5) is 8.78 Å². The molecule has 2 nitrogen and oxygen atoms in total. The average molecular weight is 243 g/mol. The smallest absolute Gasteiger partial charge is 0.123 e. The van der Waals surface area contributed by atoms with Crippen LogP contribution in [0.25, 0.3) is 0 Å². The molecule has 0 fully saturated rings. The van der Waals surface area contributed by atoms with Crippen LogP contribution in [-0.4, -0.2) is 19.3 Å². The number of ether oxygens (including phenoxy) is 1. The van der Waals surface area contributed by atoms with Crippen LogP contribution in [0, 0.1) is 5.82 Å². The summed E-state index contributed by atoms with van der Waals surface area (Å²) in [5, 5.41) is 0. The average Bonchev–Trinajstić information content (AvgIpc) is 2.32. The maximum atomic E-state index is 13.1. The largest absolute Gasteiger partial charge is 0.493 e. The van der Waals surface area contributed by atoms with E-state index in [4.69, 9.17) is 10.5 Å². The highest BCUT2D eigenvalue weighted by Gasteiger charge is 2.09. The van der Waals surface area contributed by atoms with Crippen molar-refractivity contribution in [2.75, 3.05) is 13.3 Å². The zero-order chi connectivity index (χ0) is 12.7. The second kappa shape index (κ2) is 7.22. The monoisotopic (exact) mass is 243 g/mol. The maximum absolute atomic E-state index is 13.1. The summed E-state index contributed by atoms with van der Waals surface area (Å²) in [6.07, 6.45) is 1.73. The van der Waals surface area contributed by atoms with E-state index < -0.39 is 6.67 Å². The van der Waals surface area contributed by atoms with Gasteiger partial charge in [0.25, 0.3) is 0 Å². The van der Waals surface area contributed by atoms with Gasteiger partial charge in [-0.25, -0.2) is 4.39 Å². The second-order valence-corrected chi connectivity index (χ2v) is 4.02. The summed E-state index contributed by atoms with van der Waals surface area (Å²) in [5.74, 6) is 0.296. The molecule has 0 saturated heterocycles. The lowest BCUT2D eigenvalue weighted by Gasteiger charge is -2.14. The summed E-state index contributed by atoms with van der Waals surface area (Å²) < 4.78 is 30.5. The zero-order valence-electron chi connectivity index (χ0n) is 10.1. The van der Waals surface area contributed by atoms with Crippen LogP contribution in [0.3, 0.4) is 0 Å². The van der Waals surface area contributed by atoms with Crippen molar-refractivity contribution >= 4 is 0 Å². The van der Waals surface area contributed by atoms with Crippen LogP contribution < -0.4 is 10.5 Å². The Bertz CT molecular complexity index is 344. The normalized spacial score (nSPS) is 12.5. The van der Waals surface area contributed by atoms with Crippen molar-refractivity contribution in [3.8, 4) is 5.75 Å². The number of alkyl halides is 1. The fourth-order valence-corrected chi connectivity index (χ4v) is 1.51. The molecule has 17 heavy (non-hydrogen) atoms. The van der Waals surface area contributed by atoms with Gasteiger partial charge < -0.3 is 10.5 Å². The number of halogens is 2. The predicted octanol–water partition coefficient (Wildman–Crippen LogP) is 2.84. The summed E-state index contributed by atoms with van der Waals surface area (Å²) in [7, 11) is 0. The molecule has 0 radical (unpaired) electrons. The molecular formula is C13H19F2NO. The summed E-state index contributed by atoms with van der Waals surface area (Å²) in [4.78, 5) is 0. The SMILES string of the molecule is CCC(N)Cc1cc(F)ccc1OCCCF. The van der Waals surface area contributed by atoms with E-state index in [-0.39, 0.29) is 11.9 Å². The number of benzene rings is 1. The first-order chi connectivity index (χ1) is 8.17. The molecule has 96 valence electrons. The summed E-state index contributed by atoms with van der Waals surface area (Å²) in [5.41, 5.74) is 6.59. The third kappa shape index (κ3) is 4.69. The molecule has 0 heterocycles. The molecule has 1 aromatic carbocycles. The van der Waals surface area contributed by atoms with E-state index in [1.807, 2.05) is 6.92 Å². The van der Waals surface area contributed by atoms with Gasteiger partial charge in [-0.05, 0) is 36.6 Å². The Morgan fingerprint density at radius 1 is 1.41 bits per heavy atom. The van der Waals surface area contributed by atoms with Gasteiger partial charge in [-0.1, -0.05) is 6.92 Å². The summed E-state index contributed by atoms with van der Waals surface area (Å²) in [6.45, 7) is 1.87.